The average Bonchev–Trinajstić information content (AvgIpc) is 2.37. The van der Waals surface area contributed by atoms with Gasteiger partial charge in [-0.05, 0) is 24.2 Å². The lowest BCUT2D eigenvalue weighted by atomic mass is 10.0. The second-order valence-electron chi connectivity index (χ2n) is 4.66. The van der Waals surface area contributed by atoms with E-state index in [0.717, 1.165) is 25.1 Å². The Morgan fingerprint density at radius 2 is 1.90 bits per heavy atom. The lowest BCUT2D eigenvalue weighted by molar-refractivity contribution is 0.127. The first kappa shape index (κ1) is 14.6. The van der Waals surface area contributed by atoms with E-state index in [4.69, 9.17) is 27.4 Å². The van der Waals surface area contributed by atoms with E-state index in [1.807, 2.05) is 35.2 Å². The third kappa shape index (κ3) is 4.09. The van der Waals surface area contributed by atoms with Crippen LogP contribution >= 0.6 is 12.2 Å². The van der Waals surface area contributed by atoms with Crippen molar-refractivity contribution in [3.05, 3.63) is 35.9 Å². The molecule has 2 N–H and O–H groups in total. The Morgan fingerprint density at radius 3 is 2.45 bits per heavy atom. The van der Waals surface area contributed by atoms with Crippen molar-refractivity contribution >= 4 is 23.5 Å². The van der Waals surface area contributed by atoms with Crippen molar-refractivity contribution < 1.29 is 14.3 Å². The quantitative estimate of drug-likeness (QED) is 0.840. The number of nitrogens with two attached hydrogens (primary N) is 1. The van der Waals surface area contributed by atoms with Crippen molar-refractivity contribution in [3.63, 3.8) is 0 Å². The molecule has 0 radical (unpaired) electrons. The van der Waals surface area contributed by atoms with Gasteiger partial charge in [-0.2, -0.15) is 0 Å². The molecule has 1 atom stereocenters. The zero-order valence-corrected chi connectivity index (χ0v) is 12.0. The minimum absolute atomic E-state index is 0.0806. The summed E-state index contributed by atoms with van der Waals surface area (Å²) in [5.74, 6) is -0.0806. The van der Waals surface area contributed by atoms with Crippen LogP contribution in [0.2, 0.25) is 0 Å². The molecule has 1 fully saturated rings. The van der Waals surface area contributed by atoms with Gasteiger partial charge in [0.2, 0.25) is 0 Å². The summed E-state index contributed by atoms with van der Waals surface area (Å²) in [6.07, 6.45) is 0.368. The minimum atomic E-state index is -0.781. The maximum absolute atomic E-state index is 10.8. The lowest BCUT2D eigenvalue weighted by Gasteiger charge is -2.33. The van der Waals surface area contributed by atoms with Crippen LogP contribution in [0.4, 0.5) is 4.79 Å². The highest BCUT2D eigenvalue weighted by atomic mass is 32.1. The monoisotopic (exact) mass is 294 g/mol. The maximum Gasteiger partial charge on any atom is 0.404 e. The van der Waals surface area contributed by atoms with Gasteiger partial charge in [0.05, 0.1) is 5.92 Å². The number of benzene rings is 1. The van der Waals surface area contributed by atoms with Crippen LogP contribution in [0.25, 0.3) is 0 Å². The number of rotatable bonds is 5. The highest BCUT2D eigenvalue weighted by Gasteiger charge is 2.20. The Morgan fingerprint density at radius 1 is 1.25 bits per heavy atom. The van der Waals surface area contributed by atoms with E-state index in [0.29, 0.717) is 11.8 Å². The Bertz CT molecular complexity index is 463. The number of carbonyl (C=O) groups excluding carboxylic acids is 1. The third-order valence-electron chi connectivity index (χ3n) is 3.22. The van der Waals surface area contributed by atoms with E-state index in [2.05, 4.69) is 0 Å². The number of primary amides is 1. The van der Waals surface area contributed by atoms with E-state index in [1.54, 1.807) is 0 Å². The predicted octanol–water partition coefficient (Wildman–Crippen LogP) is 1.87. The normalized spacial score (nSPS) is 15.1. The van der Waals surface area contributed by atoms with Crippen LogP contribution < -0.4 is 5.73 Å². The molecule has 1 aromatic carbocycles. The van der Waals surface area contributed by atoms with Crippen molar-refractivity contribution in [1.82, 2.24) is 4.90 Å². The number of thiocarbonyl (C=S) groups is 1. The molecule has 2 rings (SSSR count). The Labute approximate surface area is 123 Å². The van der Waals surface area contributed by atoms with Gasteiger partial charge in [0, 0.05) is 13.1 Å². The molecule has 108 valence electrons. The minimum Gasteiger partial charge on any atom is -0.470 e. The summed E-state index contributed by atoms with van der Waals surface area (Å²) >= 11 is 5.20. The molecule has 1 heterocycles. The number of ether oxygens (including phenoxy) is 2. The molecule has 6 heteroatoms. The highest BCUT2D eigenvalue weighted by molar-refractivity contribution is 7.80. The number of nitrogens with zero attached hydrogens (tertiary/aromatic N) is 1. The summed E-state index contributed by atoms with van der Waals surface area (Å²) in [4.78, 5) is 12.8. The predicted molar refractivity (Wildman–Crippen MR) is 79.5 cm³/mol. The molecule has 1 amide bonds. The molecule has 1 aliphatic heterocycles. The van der Waals surface area contributed by atoms with Gasteiger partial charge >= 0.3 is 6.09 Å². The van der Waals surface area contributed by atoms with E-state index in [9.17, 15) is 4.79 Å². The average molecular weight is 294 g/mol. The molecule has 0 bridgehead atoms. The number of carbonyl (C=O) groups is 1. The van der Waals surface area contributed by atoms with Gasteiger partial charge in [0.25, 0.3) is 5.17 Å². The van der Waals surface area contributed by atoms with Crippen LogP contribution in [0.1, 0.15) is 17.9 Å². The van der Waals surface area contributed by atoms with Gasteiger partial charge in [0.1, 0.15) is 13.2 Å². The Hall–Kier alpha value is -1.82. The van der Waals surface area contributed by atoms with Gasteiger partial charge in [-0.15, -0.1) is 0 Å². The van der Waals surface area contributed by atoms with Crippen molar-refractivity contribution in [2.75, 3.05) is 26.3 Å². The summed E-state index contributed by atoms with van der Waals surface area (Å²) in [7, 11) is 0. The molecule has 1 unspecified atom stereocenters. The standard InChI is InChI=1S/C14H18N2O3S/c15-13(17)18-9-12(11-5-2-1-3-6-11)10-19-14(20)16-7-4-8-16/h1-3,5-6,12H,4,7-10H2,(H2,15,17). The Balaban J connectivity index is 1.91. The van der Waals surface area contributed by atoms with Crippen LogP contribution in [-0.4, -0.2) is 42.5 Å². The van der Waals surface area contributed by atoms with Gasteiger partial charge in [-0.1, -0.05) is 30.3 Å². The van der Waals surface area contributed by atoms with Gasteiger partial charge in [0.15, 0.2) is 0 Å². The fourth-order valence-electron chi connectivity index (χ4n) is 1.91. The second kappa shape index (κ2) is 7.09. The number of likely N-dealkylation sites (tertiary alicyclic amines) is 1. The number of amides is 1. The molecule has 0 aliphatic carbocycles. The van der Waals surface area contributed by atoms with Crippen molar-refractivity contribution in [3.8, 4) is 0 Å². The summed E-state index contributed by atoms with van der Waals surface area (Å²) in [6, 6.07) is 9.72. The first-order valence-corrected chi connectivity index (χ1v) is 6.96. The molecule has 1 aliphatic rings. The molecule has 0 saturated carbocycles. The van der Waals surface area contributed by atoms with Crippen molar-refractivity contribution in [2.24, 2.45) is 5.73 Å². The fraction of sp³-hybridized carbons (Fsp3) is 0.429. The van der Waals surface area contributed by atoms with E-state index in [1.165, 1.54) is 0 Å². The van der Waals surface area contributed by atoms with Crippen LogP contribution in [0.5, 0.6) is 0 Å². The molecular weight excluding hydrogens is 276 g/mol. The lowest BCUT2D eigenvalue weighted by Crippen LogP contribution is -2.42. The molecule has 1 aromatic rings. The molecular formula is C14H18N2O3S. The zero-order valence-electron chi connectivity index (χ0n) is 11.2. The van der Waals surface area contributed by atoms with E-state index in [-0.39, 0.29) is 12.5 Å². The van der Waals surface area contributed by atoms with Crippen LogP contribution in [0.3, 0.4) is 0 Å². The SMILES string of the molecule is NC(=O)OCC(COC(=S)N1CCC1)c1ccccc1. The smallest absolute Gasteiger partial charge is 0.404 e. The number of hydrogen-bond donors (Lipinski definition) is 1. The third-order valence-corrected chi connectivity index (χ3v) is 3.60. The maximum atomic E-state index is 10.8. The first-order valence-electron chi connectivity index (χ1n) is 6.55. The van der Waals surface area contributed by atoms with Gasteiger partial charge in [-0.3, -0.25) is 0 Å². The summed E-state index contributed by atoms with van der Waals surface area (Å²) in [6.45, 7) is 2.45. The highest BCUT2D eigenvalue weighted by Crippen LogP contribution is 2.18. The molecule has 5 nitrogen and oxygen atoms in total. The van der Waals surface area contributed by atoms with Crippen LogP contribution in [-0.2, 0) is 9.47 Å². The number of hydrogen-bond acceptors (Lipinski definition) is 4. The summed E-state index contributed by atoms with van der Waals surface area (Å²) < 4.78 is 10.5. The molecule has 0 aromatic heterocycles. The van der Waals surface area contributed by atoms with Crippen LogP contribution in [0.15, 0.2) is 30.3 Å². The largest absolute Gasteiger partial charge is 0.470 e. The Kier molecular flexibility index (Phi) is 5.17. The van der Waals surface area contributed by atoms with Crippen LogP contribution in [0, 0.1) is 0 Å². The molecule has 20 heavy (non-hydrogen) atoms. The molecule has 1 saturated heterocycles. The zero-order chi connectivity index (χ0) is 14.4. The van der Waals surface area contributed by atoms with Gasteiger partial charge in [-0.25, -0.2) is 4.79 Å². The topological polar surface area (TPSA) is 64.8 Å². The molecule has 0 spiro atoms. The van der Waals surface area contributed by atoms with Crippen molar-refractivity contribution in [1.29, 1.82) is 0 Å². The van der Waals surface area contributed by atoms with Crippen molar-refractivity contribution in [2.45, 2.75) is 12.3 Å². The first-order chi connectivity index (χ1) is 9.66. The fourth-order valence-corrected chi connectivity index (χ4v) is 2.16. The second-order valence-corrected chi connectivity index (χ2v) is 5.00. The van der Waals surface area contributed by atoms with E-state index < -0.39 is 6.09 Å². The van der Waals surface area contributed by atoms with E-state index >= 15 is 0 Å². The summed E-state index contributed by atoms with van der Waals surface area (Å²) in [5.41, 5.74) is 6.05. The summed E-state index contributed by atoms with van der Waals surface area (Å²) in [5, 5.41) is 0.510. The van der Waals surface area contributed by atoms with Gasteiger partial charge < -0.3 is 20.1 Å².